The quantitative estimate of drug-likeness (QED) is 0.728. The number of rotatable bonds is 1. The van der Waals surface area contributed by atoms with E-state index in [9.17, 15) is 13.2 Å². The molecule has 0 aliphatic heterocycles. The highest BCUT2D eigenvalue weighted by atomic mass is 19.4. The summed E-state index contributed by atoms with van der Waals surface area (Å²) < 4.78 is 38.1. The van der Waals surface area contributed by atoms with Crippen LogP contribution in [0.3, 0.4) is 0 Å². The van der Waals surface area contributed by atoms with Crippen LogP contribution in [0.25, 0.3) is 0 Å². The number of hydrogen-bond donors (Lipinski definition) is 1. The molecule has 74 valence electrons. The zero-order chi connectivity index (χ0) is 10.2. The monoisotopic (exact) mass is 193 g/mol. The van der Waals surface area contributed by atoms with Gasteiger partial charge in [0.1, 0.15) is 0 Å². The summed E-state index contributed by atoms with van der Waals surface area (Å²) in [6.07, 6.45) is -4.42. The van der Waals surface area contributed by atoms with Crippen molar-refractivity contribution in [2.75, 3.05) is 0 Å². The number of aromatic nitrogens is 2. The SMILES string of the molecule is Cc1c(CN)c(C(F)(F)F)nn1C. The zero-order valence-corrected chi connectivity index (χ0v) is 7.31. The van der Waals surface area contributed by atoms with Crippen LogP contribution >= 0.6 is 0 Å². The van der Waals surface area contributed by atoms with Crippen LogP contribution < -0.4 is 5.73 Å². The van der Waals surface area contributed by atoms with Gasteiger partial charge in [0.2, 0.25) is 0 Å². The number of nitrogens with zero attached hydrogens (tertiary/aromatic N) is 2. The number of alkyl halides is 3. The highest BCUT2D eigenvalue weighted by molar-refractivity contribution is 5.27. The zero-order valence-electron chi connectivity index (χ0n) is 7.31. The molecular weight excluding hydrogens is 183 g/mol. The molecule has 0 bridgehead atoms. The van der Waals surface area contributed by atoms with E-state index in [1.54, 1.807) is 6.92 Å². The lowest BCUT2D eigenvalue weighted by Crippen LogP contribution is -2.11. The Bertz CT molecular complexity index is 314. The van der Waals surface area contributed by atoms with Gasteiger partial charge in [-0.15, -0.1) is 0 Å². The van der Waals surface area contributed by atoms with E-state index < -0.39 is 11.9 Å². The van der Waals surface area contributed by atoms with Crippen molar-refractivity contribution in [2.24, 2.45) is 12.8 Å². The van der Waals surface area contributed by atoms with E-state index in [0.717, 1.165) is 0 Å². The van der Waals surface area contributed by atoms with E-state index in [2.05, 4.69) is 5.10 Å². The highest BCUT2D eigenvalue weighted by Crippen LogP contribution is 2.31. The first-order valence-electron chi connectivity index (χ1n) is 3.67. The molecule has 0 aliphatic rings. The van der Waals surface area contributed by atoms with Crippen LogP contribution in [0.1, 0.15) is 17.0 Å². The van der Waals surface area contributed by atoms with E-state index in [0.29, 0.717) is 5.69 Å². The topological polar surface area (TPSA) is 43.8 Å². The van der Waals surface area contributed by atoms with Crippen molar-refractivity contribution in [3.63, 3.8) is 0 Å². The molecule has 0 amide bonds. The molecule has 0 saturated carbocycles. The summed E-state index contributed by atoms with van der Waals surface area (Å²) in [5.74, 6) is 0. The van der Waals surface area contributed by atoms with Crippen LogP contribution in [-0.2, 0) is 19.8 Å². The van der Waals surface area contributed by atoms with Crippen molar-refractivity contribution >= 4 is 0 Å². The lowest BCUT2D eigenvalue weighted by Gasteiger charge is -2.03. The van der Waals surface area contributed by atoms with E-state index in [-0.39, 0.29) is 12.1 Å². The molecule has 1 heterocycles. The summed E-state index contributed by atoms with van der Waals surface area (Å²) in [7, 11) is 1.46. The Morgan fingerprint density at radius 1 is 1.46 bits per heavy atom. The number of aryl methyl sites for hydroxylation is 1. The Morgan fingerprint density at radius 3 is 2.31 bits per heavy atom. The summed E-state index contributed by atoms with van der Waals surface area (Å²) >= 11 is 0. The maximum Gasteiger partial charge on any atom is 0.435 e. The lowest BCUT2D eigenvalue weighted by atomic mass is 10.2. The summed E-state index contributed by atoms with van der Waals surface area (Å²) in [5, 5.41) is 3.36. The van der Waals surface area contributed by atoms with Crippen LogP contribution in [-0.4, -0.2) is 9.78 Å². The fourth-order valence-electron chi connectivity index (χ4n) is 1.12. The molecular formula is C7H10F3N3. The predicted molar refractivity (Wildman–Crippen MR) is 40.8 cm³/mol. The van der Waals surface area contributed by atoms with Crippen molar-refractivity contribution in [3.8, 4) is 0 Å². The lowest BCUT2D eigenvalue weighted by molar-refractivity contribution is -0.142. The molecule has 1 rings (SSSR count). The third kappa shape index (κ3) is 1.67. The Labute approximate surface area is 73.3 Å². The molecule has 13 heavy (non-hydrogen) atoms. The van der Waals surface area contributed by atoms with Crippen molar-refractivity contribution in [1.29, 1.82) is 0 Å². The van der Waals surface area contributed by atoms with Crippen molar-refractivity contribution in [3.05, 3.63) is 17.0 Å². The molecule has 6 heteroatoms. The summed E-state index contributed by atoms with van der Waals surface area (Å²) in [4.78, 5) is 0. The van der Waals surface area contributed by atoms with Crippen molar-refractivity contribution in [2.45, 2.75) is 19.6 Å². The van der Waals surface area contributed by atoms with Crippen LogP contribution in [0.4, 0.5) is 13.2 Å². The summed E-state index contributed by atoms with van der Waals surface area (Å²) in [6, 6.07) is 0. The maximum absolute atomic E-state index is 12.3. The van der Waals surface area contributed by atoms with Gasteiger partial charge in [0, 0.05) is 24.8 Å². The molecule has 0 aliphatic carbocycles. The Balaban J connectivity index is 3.30. The van der Waals surface area contributed by atoms with Crippen LogP contribution in [0, 0.1) is 6.92 Å². The summed E-state index contributed by atoms with van der Waals surface area (Å²) in [6.45, 7) is 1.42. The van der Waals surface area contributed by atoms with Gasteiger partial charge in [-0.2, -0.15) is 18.3 Å². The average molecular weight is 193 g/mol. The van der Waals surface area contributed by atoms with Gasteiger partial charge in [0.15, 0.2) is 5.69 Å². The number of nitrogens with two attached hydrogens (primary N) is 1. The van der Waals surface area contributed by atoms with Gasteiger partial charge >= 0.3 is 6.18 Å². The van der Waals surface area contributed by atoms with Gasteiger partial charge in [0.05, 0.1) is 0 Å². The van der Waals surface area contributed by atoms with E-state index >= 15 is 0 Å². The average Bonchev–Trinajstić information content (AvgIpc) is 2.28. The fraction of sp³-hybridized carbons (Fsp3) is 0.571. The molecule has 1 aromatic rings. The molecule has 3 nitrogen and oxygen atoms in total. The normalized spacial score (nSPS) is 12.2. The van der Waals surface area contributed by atoms with Gasteiger partial charge in [-0.3, -0.25) is 4.68 Å². The molecule has 0 spiro atoms. The van der Waals surface area contributed by atoms with Crippen LogP contribution in [0.2, 0.25) is 0 Å². The van der Waals surface area contributed by atoms with Gasteiger partial charge in [-0.25, -0.2) is 0 Å². The molecule has 0 aromatic carbocycles. The molecule has 0 fully saturated rings. The molecule has 0 radical (unpaired) electrons. The minimum absolute atomic E-state index is 0.0648. The molecule has 2 N–H and O–H groups in total. The van der Waals surface area contributed by atoms with Crippen molar-refractivity contribution < 1.29 is 13.2 Å². The van der Waals surface area contributed by atoms with Gasteiger partial charge in [-0.1, -0.05) is 0 Å². The highest BCUT2D eigenvalue weighted by Gasteiger charge is 2.37. The van der Waals surface area contributed by atoms with E-state index in [1.165, 1.54) is 11.7 Å². The molecule has 0 unspecified atom stereocenters. The second-order valence-corrected chi connectivity index (χ2v) is 2.74. The summed E-state index contributed by atoms with van der Waals surface area (Å²) in [5.41, 5.74) is 4.85. The van der Waals surface area contributed by atoms with E-state index in [1.807, 2.05) is 0 Å². The van der Waals surface area contributed by atoms with Crippen LogP contribution in [0.15, 0.2) is 0 Å². The Kier molecular flexibility index (Phi) is 2.34. The molecule has 0 atom stereocenters. The second-order valence-electron chi connectivity index (χ2n) is 2.74. The maximum atomic E-state index is 12.3. The number of hydrogen-bond acceptors (Lipinski definition) is 2. The minimum Gasteiger partial charge on any atom is -0.326 e. The first-order valence-corrected chi connectivity index (χ1v) is 3.67. The van der Waals surface area contributed by atoms with Gasteiger partial charge < -0.3 is 5.73 Å². The second kappa shape index (κ2) is 3.02. The van der Waals surface area contributed by atoms with Gasteiger partial charge in [-0.05, 0) is 6.92 Å². The third-order valence-corrected chi connectivity index (χ3v) is 1.93. The predicted octanol–water partition coefficient (Wildman–Crippen LogP) is 1.21. The third-order valence-electron chi connectivity index (χ3n) is 1.93. The minimum atomic E-state index is -4.42. The largest absolute Gasteiger partial charge is 0.435 e. The molecule has 0 saturated heterocycles. The van der Waals surface area contributed by atoms with Crippen molar-refractivity contribution in [1.82, 2.24) is 9.78 Å². The van der Waals surface area contributed by atoms with E-state index in [4.69, 9.17) is 5.73 Å². The number of halogens is 3. The first-order chi connectivity index (χ1) is 5.88. The first kappa shape index (κ1) is 10.0. The molecule has 1 aromatic heterocycles. The Hall–Kier alpha value is -1.04. The smallest absolute Gasteiger partial charge is 0.326 e. The Morgan fingerprint density at radius 2 is 2.00 bits per heavy atom. The standard InChI is InChI=1S/C7H10F3N3/c1-4-5(3-11)6(7(8,9)10)12-13(4)2/h3,11H2,1-2H3. The van der Waals surface area contributed by atoms with Gasteiger partial charge in [0.25, 0.3) is 0 Å². The fourth-order valence-corrected chi connectivity index (χ4v) is 1.12. The van der Waals surface area contributed by atoms with Crippen LogP contribution in [0.5, 0.6) is 0 Å².